The van der Waals surface area contributed by atoms with Crippen LogP contribution in [-0.2, 0) is 17.9 Å². The minimum Gasteiger partial charge on any atom is -0.284 e. The van der Waals surface area contributed by atoms with Crippen molar-refractivity contribution in [2.45, 2.75) is 57.8 Å². The second-order valence-electron chi connectivity index (χ2n) is 7.21. The summed E-state index contributed by atoms with van der Waals surface area (Å²) < 4.78 is 2.65. The first kappa shape index (κ1) is 17.8. The minimum atomic E-state index is 0.0616. The highest BCUT2D eigenvalue weighted by molar-refractivity contribution is 7.73. The van der Waals surface area contributed by atoms with E-state index in [0.29, 0.717) is 18.8 Å². The summed E-state index contributed by atoms with van der Waals surface area (Å²) in [7, 11) is 0. The molecule has 2 fully saturated rings. The van der Waals surface area contributed by atoms with Gasteiger partial charge in [0.1, 0.15) is 0 Å². The van der Waals surface area contributed by atoms with Crippen LogP contribution in [0, 0.1) is 3.95 Å². The average Bonchev–Trinajstić information content (AvgIpc) is 3.25. The number of carbonyl (C=O) groups excluding carboxylic acids is 1. The molecule has 26 heavy (non-hydrogen) atoms. The molecule has 138 valence electrons. The van der Waals surface area contributed by atoms with Crippen LogP contribution in [0.5, 0.6) is 0 Å². The third-order valence-corrected chi connectivity index (χ3v) is 6.49. The van der Waals surface area contributed by atoms with Gasteiger partial charge in [-0.1, -0.05) is 41.7 Å². The molecule has 0 N–H and O–H groups in total. The molecular formula is C19H24N4OS2. The lowest BCUT2D eigenvalue weighted by atomic mass is 10.0. The summed E-state index contributed by atoms with van der Waals surface area (Å²) in [4.78, 5) is 16.3. The van der Waals surface area contributed by atoms with E-state index in [9.17, 15) is 4.79 Å². The number of amides is 1. The van der Waals surface area contributed by atoms with Crippen molar-refractivity contribution in [2.24, 2.45) is 0 Å². The molecule has 0 radical (unpaired) electrons. The molecule has 1 unspecified atom stereocenters. The summed E-state index contributed by atoms with van der Waals surface area (Å²) in [5.74, 6) is 0.0616. The van der Waals surface area contributed by atoms with Crippen LogP contribution < -0.4 is 4.90 Å². The van der Waals surface area contributed by atoms with Gasteiger partial charge in [-0.25, -0.2) is 4.68 Å². The lowest BCUT2D eigenvalue weighted by Gasteiger charge is -2.24. The molecule has 0 spiro atoms. The van der Waals surface area contributed by atoms with Crippen molar-refractivity contribution in [1.82, 2.24) is 14.7 Å². The quantitative estimate of drug-likeness (QED) is 0.705. The fourth-order valence-electron chi connectivity index (χ4n) is 3.73. The molecule has 1 amide bonds. The first-order valence-electron chi connectivity index (χ1n) is 9.27. The van der Waals surface area contributed by atoms with Crippen molar-refractivity contribution in [1.29, 1.82) is 0 Å². The highest BCUT2D eigenvalue weighted by Crippen LogP contribution is 2.33. The van der Waals surface area contributed by atoms with E-state index in [-0.39, 0.29) is 5.91 Å². The highest BCUT2D eigenvalue weighted by Gasteiger charge is 2.34. The molecule has 2 aliphatic rings. The standard InChI is InChI=1S/C19H24N4OS2/c1-14(24)23(16-9-10-16)18-20-22(19(25)26-18)13-21-11-5-8-17(21)12-15-6-3-2-4-7-15/h2-4,6-7,16-17H,5,8-13H2,1H3. The monoisotopic (exact) mass is 388 g/mol. The Morgan fingerprint density at radius 2 is 2.08 bits per heavy atom. The number of rotatable bonds is 6. The maximum absolute atomic E-state index is 12.0. The molecular weight excluding hydrogens is 364 g/mol. The first-order chi connectivity index (χ1) is 12.6. The summed E-state index contributed by atoms with van der Waals surface area (Å²) in [6, 6.07) is 11.5. The lowest BCUT2D eigenvalue weighted by Crippen LogP contribution is -2.34. The minimum absolute atomic E-state index is 0.0616. The van der Waals surface area contributed by atoms with Gasteiger partial charge < -0.3 is 0 Å². The maximum Gasteiger partial charge on any atom is 0.225 e. The van der Waals surface area contributed by atoms with Gasteiger partial charge >= 0.3 is 0 Å². The van der Waals surface area contributed by atoms with Crippen molar-refractivity contribution in [2.75, 3.05) is 11.4 Å². The fraction of sp³-hybridized carbons (Fsp3) is 0.526. The number of likely N-dealkylation sites (tertiary alicyclic amines) is 1. The highest BCUT2D eigenvalue weighted by atomic mass is 32.1. The van der Waals surface area contributed by atoms with Crippen molar-refractivity contribution in [3.05, 3.63) is 39.8 Å². The molecule has 2 heterocycles. The topological polar surface area (TPSA) is 41.4 Å². The second kappa shape index (κ2) is 7.58. The van der Waals surface area contributed by atoms with Crippen molar-refractivity contribution in [3.63, 3.8) is 0 Å². The van der Waals surface area contributed by atoms with Crippen LogP contribution in [0.25, 0.3) is 0 Å². The largest absolute Gasteiger partial charge is 0.284 e. The Bertz CT molecular complexity index is 828. The summed E-state index contributed by atoms with van der Waals surface area (Å²) in [6.45, 7) is 3.40. The molecule has 5 nitrogen and oxygen atoms in total. The van der Waals surface area contributed by atoms with Crippen molar-refractivity contribution < 1.29 is 4.79 Å². The number of carbonyl (C=O) groups is 1. The van der Waals surface area contributed by atoms with E-state index in [1.807, 2.05) is 9.58 Å². The number of nitrogens with zero attached hydrogens (tertiary/aromatic N) is 4. The number of benzene rings is 1. The Hall–Kier alpha value is -1.57. The van der Waals surface area contributed by atoms with Gasteiger partial charge in [-0.05, 0) is 49.9 Å². The third kappa shape index (κ3) is 3.89. The third-order valence-electron chi connectivity index (χ3n) is 5.18. The van der Waals surface area contributed by atoms with Crippen molar-refractivity contribution >= 4 is 34.6 Å². The molecule has 2 aromatic rings. The second-order valence-corrected chi connectivity index (χ2v) is 8.81. The van der Waals surface area contributed by atoms with Crippen LogP contribution in [0.2, 0.25) is 0 Å². The molecule has 1 saturated heterocycles. The van der Waals surface area contributed by atoms with Crippen LogP contribution in [0.4, 0.5) is 5.13 Å². The van der Waals surface area contributed by atoms with Crippen LogP contribution in [0.3, 0.4) is 0 Å². The molecule has 1 aromatic heterocycles. The SMILES string of the molecule is CC(=O)N(c1nn(CN2CCCC2Cc2ccccc2)c(=S)s1)C1CC1. The number of anilines is 1. The molecule has 1 atom stereocenters. The predicted octanol–water partition coefficient (Wildman–Crippen LogP) is 3.85. The first-order valence-corrected chi connectivity index (χ1v) is 10.5. The summed E-state index contributed by atoms with van der Waals surface area (Å²) in [5, 5.41) is 5.45. The van der Waals surface area contributed by atoms with E-state index in [0.717, 1.165) is 34.9 Å². The molecule has 4 rings (SSSR count). The Labute approximate surface area is 163 Å². The van der Waals surface area contributed by atoms with Crippen molar-refractivity contribution in [3.8, 4) is 0 Å². The maximum atomic E-state index is 12.0. The zero-order valence-electron chi connectivity index (χ0n) is 15.0. The van der Waals surface area contributed by atoms with Crippen LogP contribution in [0.1, 0.15) is 38.2 Å². The van der Waals surface area contributed by atoms with Crippen LogP contribution in [-0.4, -0.2) is 39.2 Å². The molecule has 1 aliphatic carbocycles. The zero-order chi connectivity index (χ0) is 18.1. The summed E-state index contributed by atoms with van der Waals surface area (Å²) in [6.07, 6.45) is 5.62. The Kier molecular flexibility index (Phi) is 5.20. The molecule has 7 heteroatoms. The normalized spacial score (nSPS) is 20.4. The predicted molar refractivity (Wildman–Crippen MR) is 107 cm³/mol. The van der Waals surface area contributed by atoms with Gasteiger partial charge in [-0.3, -0.25) is 14.6 Å². The smallest absolute Gasteiger partial charge is 0.225 e. The summed E-state index contributed by atoms with van der Waals surface area (Å²) >= 11 is 7.00. The zero-order valence-corrected chi connectivity index (χ0v) is 16.6. The Morgan fingerprint density at radius 1 is 1.31 bits per heavy atom. The van der Waals surface area contributed by atoms with Gasteiger partial charge in [0.2, 0.25) is 11.0 Å². The van der Waals surface area contributed by atoms with Gasteiger partial charge in [0, 0.05) is 25.6 Å². The van der Waals surface area contributed by atoms with Gasteiger partial charge in [-0.15, -0.1) is 5.10 Å². The lowest BCUT2D eigenvalue weighted by molar-refractivity contribution is -0.116. The van der Waals surface area contributed by atoms with E-state index in [1.54, 1.807) is 6.92 Å². The molecule has 1 aliphatic heterocycles. The van der Waals surface area contributed by atoms with E-state index in [4.69, 9.17) is 17.3 Å². The van der Waals surface area contributed by atoms with Crippen LogP contribution >= 0.6 is 23.6 Å². The Morgan fingerprint density at radius 3 is 2.77 bits per heavy atom. The van der Waals surface area contributed by atoms with Gasteiger partial charge in [-0.2, -0.15) is 0 Å². The number of aromatic nitrogens is 2. The van der Waals surface area contributed by atoms with E-state index < -0.39 is 0 Å². The summed E-state index contributed by atoms with van der Waals surface area (Å²) in [5.41, 5.74) is 1.38. The van der Waals surface area contributed by atoms with Crippen LogP contribution in [0.15, 0.2) is 30.3 Å². The number of hydrogen-bond acceptors (Lipinski definition) is 5. The van der Waals surface area contributed by atoms with Gasteiger partial charge in [0.05, 0.1) is 6.67 Å². The molecule has 1 saturated carbocycles. The average molecular weight is 389 g/mol. The van der Waals surface area contributed by atoms with Gasteiger partial charge in [0.25, 0.3) is 0 Å². The fourth-order valence-corrected chi connectivity index (χ4v) is 4.93. The van der Waals surface area contributed by atoms with Gasteiger partial charge in [0.15, 0.2) is 3.95 Å². The van der Waals surface area contributed by atoms with E-state index in [1.165, 1.54) is 29.7 Å². The Balaban J connectivity index is 1.48. The molecule has 1 aromatic carbocycles. The van der Waals surface area contributed by atoms with E-state index in [2.05, 4.69) is 35.2 Å². The number of hydrogen-bond donors (Lipinski definition) is 0. The molecule has 0 bridgehead atoms. The van der Waals surface area contributed by atoms with E-state index >= 15 is 0 Å².